The molecular formula is C13H16Cl2N2O2. The van der Waals surface area contributed by atoms with Crippen molar-refractivity contribution in [3.8, 4) is 0 Å². The molecule has 4 nitrogen and oxygen atoms in total. The van der Waals surface area contributed by atoms with Gasteiger partial charge in [-0.15, -0.1) is 0 Å². The molecule has 1 atom stereocenters. The third kappa shape index (κ3) is 4.35. The van der Waals surface area contributed by atoms with Crippen LogP contribution in [0.5, 0.6) is 0 Å². The van der Waals surface area contributed by atoms with E-state index in [2.05, 4.69) is 10.6 Å². The molecule has 1 unspecified atom stereocenters. The van der Waals surface area contributed by atoms with Gasteiger partial charge in [-0.05, 0) is 25.0 Å². The molecule has 0 saturated heterocycles. The van der Waals surface area contributed by atoms with Gasteiger partial charge in [0.2, 0.25) is 5.91 Å². The summed E-state index contributed by atoms with van der Waals surface area (Å²) in [5.41, 5.74) is 0.446. The van der Waals surface area contributed by atoms with Crippen molar-refractivity contribution in [3.63, 3.8) is 0 Å². The van der Waals surface area contributed by atoms with Gasteiger partial charge in [-0.3, -0.25) is 4.79 Å². The molecule has 1 aliphatic rings. The first-order chi connectivity index (χ1) is 9.08. The minimum atomic E-state index is -0.911. The van der Waals surface area contributed by atoms with Crippen molar-refractivity contribution < 1.29 is 9.90 Å². The molecule has 0 bridgehead atoms. The number of amides is 1. The average molecular weight is 303 g/mol. The number of carbonyl (C=O) groups is 1. The molecule has 6 heteroatoms. The van der Waals surface area contributed by atoms with Crippen molar-refractivity contribution in [3.05, 3.63) is 33.8 Å². The van der Waals surface area contributed by atoms with Gasteiger partial charge in [0.05, 0.1) is 12.6 Å². The molecule has 1 aromatic carbocycles. The van der Waals surface area contributed by atoms with Crippen LogP contribution in [0.25, 0.3) is 0 Å². The number of benzene rings is 1. The van der Waals surface area contributed by atoms with Crippen molar-refractivity contribution >= 4 is 29.1 Å². The SMILES string of the molecule is O=C(CNC1CC1)NCC(O)c1c(Cl)cccc1Cl. The maximum absolute atomic E-state index is 11.5. The van der Waals surface area contributed by atoms with Gasteiger partial charge in [0.25, 0.3) is 0 Å². The van der Waals surface area contributed by atoms with Crippen LogP contribution in [0.4, 0.5) is 0 Å². The molecule has 104 valence electrons. The first kappa shape index (κ1) is 14.6. The van der Waals surface area contributed by atoms with Crippen LogP contribution in [0.15, 0.2) is 18.2 Å². The highest BCUT2D eigenvalue weighted by Gasteiger charge is 2.21. The highest BCUT2D eigenvalue weighted by Crippen LogP contribution is 2.29. The fourth-order valence-electron chi connectivity index (χ4n) is 1.73. The predicted octanol–water partition coefficient (Wildman–Crippen LogP) is 1.90. The molecule has 0 spiro atoms. The Bertz CT molecular complexity index is 444. The molecule has 19 heavy (non-hydrogen) atoms. The summed E-state index contributed by atoms with van der Waals surface area (Å²) >= 11 is 12.0. The predicted molar refractivity (Wildman–Crippen MR) is 75.5 cm³/mol. The topological polar surface area (TPSA) is 61.4 Å². The Morgan fingerprint density at radius 2 is 2.00 bits per heavy atom. The van der Waals surface area contributed by atoms with Crippen molar-refractivity contribution in [1.29, 1.82) is 0 Å². The summed E-state index contributed by atoms with van der Waals surface area (Å²) in [6.45, 7) is 0.363. The lowest BCUT2D eigenvalue weighted by atomic mass is 10.1. The molecule has 1 saturated carbocycles. The lowest BCUT2D eigenvalue weighted by molar-refractivity contribution is -0.120. The molecule has 1 aliphatic carbocycles. The van der Waals surface area contributed by atoms with Crippen LogP contribution in [0.3, 0.4) is 0 Å². The molecule has 0 aliphatic heterocycles. The second kappa shape index (κ2) is 6.57. The van der Waals surface area contributed by atoms with Crippen molar-refractivity contribution in [2.24, 2.45) is 0 Å². The van der Waals surface area contributed by atoms with E-state index < -0.39 is 6.10 Å². The van der Waals surface area contributed by atoms with Gasteiger partial charge in [-0.1, -0.05) is 29.3 Å². The summed E-state index contributed by atoms with van der Waals surface area (Å²) in [5.74, 6) is -0.144. The molecule has 3 N–H and O–H groups in total. The molecule has 1 amide bonds. The second-order valence-electron chi connectivity index (χ2n) is 4.61. The zero-order valence-corrected chi connectivity index (χ0v) is 11.8. The number of halogens is 2. The highest BCUT2D eigenvalue weighted by atomic mass is 35.5. The molecule has 0 aromatic heterocycles. The summed E-state index contributed by atoms with van der Waals surface area (Å²) < 4.78 is 0. The standard InChI is InChI=1S/C13H16Cl2N2O2/c14-9-2-1-3-10(15)13(9)11(18)6-17-12(19)7-16-8-4-5-8/h1-3,8,11,16,18H,4-7H2,(H,17,19). The fraction of sp³-hybridized carbons (Fsp3) is 0.462. The van der Waals surface area contributed by atoms with Crippen LogP contribution in [0, 0.1) is 0 Å². The Morgan fingerprint density at radius 3 is 2.58 bits per heavy atom. The van der Waals surface area contributed by atoms with Crippen molar-refractivity contribution in [1.82, 2.24) is 10.6 Å². The summed E-state index contributed by atoms with van der Waals surface area (Å²) in [5, 5.41) is 16.6. The van der Waals surface area contributed by atoms with Crippen LogP contribution < -0.4 is 10.6 Å². The van der Waals surface area contributed by atoms with E-state index in [1.165, 1.54) is 0 Å². The smallest absolute Gasteiger partial charge is 0.234 e. The average Bonchev–Trinajstić information content (AvgIpc) is 3.17. The molecule has 0 radical (unpaired) electrons. The Hall–Kier alpha value is -0.810. The maximum Gasteiger partial charge on any atom is 0.234 e. The first-order valence-corrected chi connectivity index (χ1v) is 6.95. The number of carbonyl (C=O) groups excluding carboxylic acids is 1. The van der Waals surface area contributed by atoms with E-state index in [1.807, 2.05) is 0 Å². The zero-order chi connectivity index (χ0) is 13.8. The number of nitrogens with one attached hydrogen (secondary N) is 2. The molecular weight excluding hydrogens is 287 g/mol. The third-order valence-corrected chi connectivity index (χ3v) is 3.61. The van der Waals surface area contributed by atoms with E-state index in [1.54, 1.807) is 18.2 Å². The molecule has 1 fully saturated rings. The summed E-state index contributed by atoms with van der Waals surface area (Å²) in [7, 11) is 0. The van der Waals surface area contributed by atoms with Crippen LogP contribution in [-0.2, 0) is 4.79 Å². The van der Waals surface area contributed by atoms with Crippen LogP contribution >= 0.6 is 23.2 Å². The van der Waals surface area contributed by atoms with E-state index in [0.717, 1.165) is 12.8 Å². The largest absolute Gasteiger partial charge is 0.386 e. The summed E-state index contributed by atoms with van der Waals surface area (Å²) in [4.78, 5) is 11.5. The highest BCUT2D eigenvalue weighted by molar-refractivity contribution is 6.36. The minimum Gasteiger partial charge on any atom is -0.386 e. The fourth-order valence-corrected chi connectivity index (χ4v) is 2.38. The maximum atomic E-state index is 11.5. The van der Waals surface area contributed by atoms with E-state index in [-0.39, 0.29) is 19.0 Å². The summed E-state index contributed by atoms with van der Waals surface area (Å²) in [6, 6.07) is 5.50. The second-order valence-corrected chi connectivity index (χ2v) is 5.42. The Labute approximate surface area is 122 Å². The number of hydrogen-bond donors (Lipinski definition) is 3. The number of aliphatic hydroxyl groups excluding tert-OH is 1. The zero-order valence-electron chi connectivity index (χ0n) is 10.3. The number of aliphatic hydroxyl groups is 1. The monoisotopic (exact) mass is 302 g/mol. The number of hydrogen-bond acceptors (Lipinski definition) is 3. The van der Waals surface area contributed by atoms with Crippen molar-refractivity contribution in [2.45, 2.75) is 25.0 Å². The van der Waals surface area contributed by atoms with Gasteiger partial charge < -0.3 is 15.7 Å². The van der Waals surface area contributed by atoms with Gasteiger partial charge in [0.15, 0.2) is 0 Å². The van der Waals surface area contributed by atoms with Crippen LogP contribution in [0.2, 0.25) is 10.0 Å². The Balaban J connectivity index is 1.82. The van der Waals surface area contributed by atoms with E-state index in [0.29, 0.717) is 21.7 Å². The quantitative estimate of drug-likeness (QED) is 0.752. The van der Waals surface area contributed by atoms with Gasteiger partial charge in [-0.25, -0.2) is 0 Å². The van der Waals surface area contributed by atoms with Crippen LogP contribution in [0.1, 0.15) is 24.5 Å². The number of rotatable bonds is 6. The molecule has 1 aromatic rings. The molecule has 0 heterocycles. The Kier molecular flexibility index (Phi) is 5.05. The van der Waals surface area contributed by atoms with E-state index >= 15 is 0 Å². The van der Waals surface area contributed by atoms with E-state index in [4.69, 9.17) is 23.2 Å². The van der Waals surface area contributed by atoms with Crippen LogP contribution in [-0.4, -0.2) is 30.1 Å². The van der Waals surface area contributed by atoms with Gasteiger partial charge in [0, 0.05) is 28.2 Å². The normalized spacial score (nSPS) is 16.2. The lowest BCUT2D eigenvalue weighted by Crippen LogP contribution is -2.37. The minimum absolute atomic E-state index is 0.0919. The van der Waals surface area contributed by atoms with Gasteiger partial charge >= 0.3 is 0 Å². The lowest BCUT2D eigenvalue weighted by Gasteiger charge is -2.15. The van der Waals surface area contributed by atoms with E-state index in [9.17, 15) is 9.90 Å². The molecule has 2 rings (SSSR count). The third-order valence-electron chi connectivity index (χ3n) is 2.95. The Morgan fingerprint density at radius 1 is 1.37 bits per heavy atom. The van der Waals surface area contributed by atoms with Gasteiger partial charge in [-0.2, -0.15) is 0 Å². The van der Waals surface area contributed by atoms with Gasteiger partial charge in [0.1, 0.15) is 0 Å². The van der Waals surface area contributed by atoms with Crippen molar-refractivity contribution in [2.75, 3.05) is 13.1 Å². The first-order valence-electron chi connectivity index (χ1n) is 6.20. The summed E-state index contributed by atoms with van der Waals surface area (Å²) in [6.07, 6.45) is 1.35.